The van der Waals surface area contributed by atoms with Crippen molar-refractivity contribution in [3.63, 3.8) is 0 Å². The van der Waals surface area contributed by atoms with Gasteiger partial charge in [0, 0.05) is 6.04 Å². The second kappa shape index (κ2) is 3.22. The van der Waals surface area contributed by atoms with Crippen molar-refractivity contribution in [2.45, 2.75) is 45.7 Å². The molecule has 2 fully saturated rings. The molecule has 1 aliphatic heterocycles. The van der Waals surface area contributed by atoms with E-state index in [-0.39, 0.29) is 35.9 Å². The minimum absolute atomic E-state index is 0.000185. The van der Waals surface area contributed by atoms with Crippen molar-refractivity contribution in [1.29, 1.82) is 0 Å². The van der Waals surface area contributed by atoms with Crippen LogP contribution in [0.2, 0.25) is 0 Å². The third-order valence-corrected chi connectivity index (χ3v) is 3.52. The average Bonchev–Trinajstić information content (AvgIpc) is 2.78. The number of nitrogens with zero attached hydrogens (tertiary/aromatic N) is 1. The van der Waals surface area contributed by atoms with E-state index >= 15 is 0 Å². The summed E-state index contributed by atoms with van der Waals surface area (Å²) in [6, 6.07) is 0.0130. The van der Waals surface area contributed by atoms with Crippen LogP contribution in [0.15, 0.2) is 0 Å². The zero-order valence-corrected chi connectivity index (χ0v) is 9.54. The van der Waals surface area contributed by atoms with E-state index in [0.717, 1.165) is 6.42 Å². The van der Waals surface area contributed by atoms with Gasteiger partial charge in [-0.25, -0.2) is 0 Å². The third-order valence-electron chi connectivity index (χ3n) is 3.52. The summed E-state index contributed by atoms with van der Waals surface area (Å²) in [6.07, 6.45) is 1.71. The summed E-state index contributed by atoms with van der Waals surface area (Å²) in [6.45, 7) is 6.40. The van der Waals surface area contributed by atoms with E-state index in [1.54, 1.807) is 4.90 Å². The Balaban J connectivity index is 2.18. The molecule has 2 atom stereocenters. The molecule has 1 N–H and O–H groups in total. The predicted molar refractivity (Wildman–Crippen MR) is 56.1 cm³/mol. The van der Waals surface area contributed by atoms with Gasteiger partial charge in [-0.1, -0.05) is 20.8 Å². The fourth-order valence-electron chi connectivity index (χ4n) is 2.36. The van der Waals surface area contributed by atoms with Crippen LogP contribution in [-0.4, -0.2) is 35.3 Å². The molecule has 84 valence electrons. The van der Waals surface area contributed by atoms with Crippen molar-refractivity contribution in [3.8, 4) is 0 Å². The molecule has 1 aliphatic carbocycles. The second-order valence-electron chi connectivity index (χ2n) is 5.15. The maximum Gasteiger partial charge on any atom is 0.243 e. The number of rotatable bonds is 2. The van der Waals surface area contributed by atoms with E-state index in [2.05, 4.69) is 19.2 Å². The van der Waals surface area contributed by atoms with Crippen LogP contribution < -0.4 is 5.32 Å². The van der Waals surface area contributed by atoms with Crippen molar-refractivity contribution in [2.24, 2.45) is 5.41 Å². The zero-order chi connectivity index (χ0) is 11.2. The van der Waals surface area contributed by atoms with Crippen LogP contribution in [0.5, 0.6) is 0 Å². The van der Waals surface area contributed by atoms with Gasteiger partial charge in [0.1, 0.15) is 6.04 Å². The molecule has 15 heavy (non-hydrogen) atoms. The molecule has 0 aromatic rings. The number of nitrogens with one attached hydrogen (secondary N) is 1. The van der Waals surface area contributed by atoms with Crippen LogP contribution in [0.4, 0.5) is 0 Å². The van der Waals surface area contributed by atoms with E-state index in [4.69, 9.17) is 0 Å². The highest BCUT2D eigenvalue weighted by atomic mass is 16.2. The molecule has 1 heterocycles. The molecule has 0 bridgehead atoms. The topological polar surface area (TPSA) is 49.4 Å². The molecule has 4 heteroatoms. The lowest BCUT2D eigenvalue weighted by molar-refractivity contribution is -0.146. The van der Waals surface area contributed by atoms with Gasteiger partial charge >= 0.3 is 0 Å². The Bertz CT molecular complexity index is 312. The van der Waals surface area contributed by atoms with Gasteiger partial charge in [-0.05, 0) is 18.3 Å². The summed E-state index contributed by atoms with van der Waals surface area (Å²) >= 11 is 0. The Kier molecular flexibility index (Phi) is 2.24. The highest BCUT2D eigenvalue weighted by Crippen LogP contribution is 2.49. The summed E-state index contributed by atoms with van der Waals surface area (Å²) < 4.78 is 0. The highest BCUT2D eigenvalue weighted by molar-refractivity contribution is 5.95. The molecular weight excluding hydrogens is 192 g/mol. The quantitative estimate of drug-likeness (QED) is 0.722. The lowest BCUT2D eigenvalue weighted by atomic mass is 10.1. The smallest absolute Gasteiger partial charge is 0.243 e. The Morgan fingerprint density at radius 3 is 2.53 bits per heavy atom. The lowest BCUT2D eigenvalue weighted by Crippen LogP contribution is -2.59. The molecule has 1 saturated heterocycles. The zero-order valence-electron chi connectivity index (χ0n) is 9.54. The number of amides is 2. The van der Waals surface area contributed by atoms with Crippen LogP contribution in [0.1, 0.15) is 33.6 Å². The first-order valence-electron chi connectivity index (χ1n) is 5.56. The van der Waals surface area contributed by atoms with Gasteiger partial charge in [0.2, 0.25) is 11.8 Å². The summed E-state index contributed by atoms with van der Waals surface area (Å²) in [5, 5.41) is 2.64. The van der Waals surface area contributed by atoms with Crippen LogP contribution >= 0.6 is 0 Å². The van der Waals surface area contributed by atoms with E-state index in [9.17, 15) is 9.59 Å². The van der Waals surface area contributed by atoms with Gasteiger partial charge in [-0.15, -0.1) is 0 Å². The predicted octanol–water partition coefficient (Wildman–Crippen LogP) is 0.522. The number of carbonyl (C=O) groups is 2. The Hall–Kier alpha value is -1.06. The minimum Gasteiger partial charge on any atom is -0.345 e. The molecule has 0 aromatic carbocycles. The van der Waals surface area contributed by atoms with Crippen molar-refractivity contribution < 1.29 is 9.59 Å². The van der Waals surface area contributed by atoms with Gasteiger partial charge in [-0.2, -0.15) is 0 Å². The Morgan fingerprint density at radius 2 is 2.07 bits per heavy atom. The SMILES string of the molecule is CCC1C(=O)NCC(=O)N1C1CC1(C)C. The molecule has 0 radical (unpaired) electrons. The molecule has 2 rings (SSSR count). The van der Waals surface area contributed by atoms with Gasteiger partial charge in [0.25, 0.3) is 0 Å². The molecule has 1 saturated carbocycles. The minimum atomic E-state index is -0.252. The molecule has 2 unspecified atom stereocenters. The van der Waals surface area contributed by atoms with Gasteiger partial charge in [-0.3, -0.25) is 9.59 Å². The number of piperazine rings is 1. The summed E-state index contributed by atoms with van der Waals surface area (Å²) in [7, 11) is 0. The molecule has 4 nitrogen and oxygen atoms in total. The second-order valence-corrected chi connectivity index (χ2v) is 5.15. The number of carbonyl (C=O) groups excluding carboxylic acids is 2. The van der Waals surface area contributed by atoms with Crippen LogP contribution in [0, 0.1) is 5.41 Å². The maximum absolute atomic E-state index is 11.8. The number of hydrogen-bond donors (Lipinski definition) is 1. The van der Waals surface area contributed by atoms with Crippen LogP contribution in [-0.2, 0) is 9.59 Å². The fraction of sp³-hybridized carbons (Fsp3) is 0.818. The van der Waals surface area contributed by atoms with Crippen LogP contribution in [0.25, 0.3) is 0 Å². The van der Waals surface area contributed by atoms with E-state index < -0.39 is 0 Å². The monoisotopic (exact) mass is 210 g/mol. The normalized spacial score (nSPS) is 33.9. The Labute approximate surface area is 90.0 Å². The molecule has 2 amide bonds. The number of hydrogen-bond acceptors (Lipinski definition) is 2. The Morgan fingerprint density at radius 1 is 1.47 bits per heavy atom. The summed E-state index contributed by atoms with van der Waals surface area (Å²) in [4.78, 5) is 25.2. The third kappa shape index (κ3) is 1.62. The highest BCUT2D eigenvalue weighted by Gasteiger charge is 2.54. The summed E-state index contributed by atoms with van der Waals surface area (Å²) in [5.41, 5.74) is 0.195. The van der Waals surface area contributed by atoms with Crippen molar-refractivity contribution in [2.75, 3.05) is 6.54 Å². The molecule has 0 spiro atoms. The summed E-state index contributed by atoms with van der Waals surface area (Å²) in [5.74, 6) is 0.0665. The van der Waals surface area contributed by atoms with Crippen molar-refractivity contribution in [1.82, 2.24) is 10.2 Å². The first-order chi connectivity index (χ1) is 6.97. The molecular formula is C11H18N2O2. The van der Waals surface area contributed by atoms with E-state index in [1.807, 2.05) is 6.92 Å². The van der Waals surface area contributed by atoms with E-state index in [0.29, 0.717) is 6.42 Å². The average molecular weight is 210 g/mol. The van der Waals surface area contributed by atoms with Crippen molar-refractivity contribution in [3.05, 3.63) is 0 Å². The first kappa shape index (κ1) is 10.5. The van der Waals surface area contributed by atoms with Gasteiger partial charge < -0.3 is 10.2 Å². The van der Waals surface area contributed by atoms with Crippen molar-refractivity contribution >= 4 is 11.8 Å². The van der Waals surface area contributed by atoms with E-state index in [1.165, 1.54) is 0 Å². The van der Waals surface area contributed by atoms with Gasteiger partial charge in [0.05, 0.1) is 6.54 Å². The standard InChI is InChI=1S/C11H18N2O2/c1-4-7-10(15)12-6-9(14)13(7)8-5-11(8,2)3/h7-8H,4-6H2,1-3H3,(H,12,15). The largest absolute Gasteiger partial charge is 0.345 e. The van der Waals surface area contributed by atoms with Crippen LogP contribution in [0.3, 0.4) is 0 Å². The fourth-order valence-corrected chi connectivity index (χ4v) is 2.36. The molecule has 2 aliphatic rings. The van der Waals surface area contributed by atoms with Gasteiger partial charge in [0.15, 0.2) is 0 Å². The molecule has 0 aromatic heterocycles. The maximum atomic E-state index is 11.8. The first-order valence-corrected chi connectivity index (χ1v) is 5.56. The lowest BCUT2D eigenvalue weighted by Gasteiger charge is -2.35.